The molecule has 2 rings (SSSR count). The molecule has 1 aliphatic heterocycles. The van der Waals surface area contributed by atoms with Crippen molar-refractivity contribution < 1.29 is 14.3 Å². The first-order valence-corrected chi connectivity index (χ1v) is 8.06. The van der Waals surface area contributed by atoms with Gasteiger partial charge in [-0.25, -0.2) is 14.8 Å². The lowest BCUT2D eigenvalue weighted by Gasteiger charge is -2.34. The van der Waals surface area contributed by atoms with Crippen LogP contribution in [0.15, 0.2) is 12.4 Å². The van der Waals surface area contributed by atoms with Gasteiger partial charge in [0.15, 0.2) is 0 Å². The van der Waals surface area contributed by atoms with Crippen molar-refractivity contribution in [2.45, 2.75) is 52.2 Å². The Morgan fingerprint density at radius 3 is 2.91 bits per heavy atom. The van der Waals surface area contributed by atoms with E-state index in [9.17, 15) is 4.79 Å². The number of nitrogens with one attached hydrogen (secondary N) is 1. The smallest absolute Gasteiger partial charge is 0.407 e. The molecule has 23 heavy (non-hydrogen) atoms. The van der Waals surface area contributed by atoms with E-state index >= 15 is 0 Å². The zero-order chi connectivity index (χ0) is 16.9. The Kier molecular flexibility index (Phi) is 5.63. The summed E-state index contributed by atoms with van der Waals surface area (Å²) in [5.74, 6) is 1.39. The molecule has 0 radical (unpaired) electrons. The van der Waals surface area contributed by atoms with Crippen molar-refractivity contribution in [3.05, 3.63) is 12.4 Å². The highest BCUT2D eigenvalue weighted by Gasteiger charge is 2.25. The lowest BCUT2D eigenvalue weighted by Crippen LogP contribution is -2.49. The molecule has 7 nitrogen and oxygen atoms in total. The largest absolute Gasteiger partial charge is 0.478 e. The van der Waals surface area contributed by atoms with E-state index in [0.717, 1.165) is 25.2 Å². The van der Waals surface area contributed by atoms with E-state index < -0.39 is 5.60 Å². The number of alkyl carbamates (subject to hydrolysis) is 1. The zero-order valence-electron chi connectivity index (χ0n) is 14.3. The van der Waals surface area contributed by atoms with Crippen LogP contribution in [-0.4, -0.2) is 47.4 Å². The number of piperidine rings is 1. The van der Waals surface area contributed by atoms with Gasteiger partial charge in [0.05, 0.1) is 6.61 Å². The molecule has 7 heteroatoms. The van der Waals surface area contributed by atoms with Crippen LogP contribution in [0.25, 0.3) is 0 Å². The number of nitrogens with zero attached hydrogens (tertiary/aromatic N) is 3. The fourth-order valence-electron chi connectivity index (χ4n) is 2.51. The Morgan fingerprint density at radius 1 is 1.43 bits per heavy atom. The van der Waals surface area contributed by atoms with Crippen LogP contribution in [0.5, 0.6) is 5.88 Å². The molecule has 1 N–H and O–H groups in total. The van der Waals surface area contributed by atoms with Gasteiger partial charge in [0, 0.05) is 25.2 Å². The fourth-order valence-corrected chi connectivity index (χ4v) is 2.51. The van der Waals surface area contributed by atoms with Crippen LogP contribution < -0.4 is 15.0 Å². The Hall–Kier alpha value is -2.05. The van der Waals surface area contributed by atoms with Gasteiger partial charge in [-0.3, -0.25) is 0 Å². The van der Waals surface area contributed by atoms with Crippen LogP contribution in [0.4, 0.5) is 10.6 Å². The van der Waals surface area contributed by atoms with Crippen LogP contribution in [0.3, 0.4) is 0 Å². The van der Waals surface area contributed by atoms with Gasteiger partial charge in [-0.15, -0.1) is 0 Å². The highest BCUT2D eigenvalue weighted by Crippen LogP contribution is 2.20. The second-order valence-corrected chi connectivity index (χ2v) is 6.58. The Labute approximate surface area is 137 Å². The van der Waals surface area contributed by atoms with Crippen molar-refractivity contribution in [1.29, 1.82) is 0 Å². The standard InChI is InChI=1S/C16H26N4O3/c1-5-22-14-9-13(17-11-18-14)20-8-6-7-12(10-20)19-15(21)23-16(2,3)4/h9,11-12H,5-8,10H2,1-4H3,(H,19,21)/t12-/m1/s1. The second kappa shape index (κ2) is 7.48. The number of carbonyl (C=O) groups excluding carboxylic acids is 1. The van der Waals surface area contributed by atoms with Crippen LogP contribution in [0.2, 0.25) is 0 Å². The van der Waals surface area contributed by atoms with Crippen LogP contribution in [0.1, 0.15) is 40.5 Å². The van der Waals surface area contributed by atoms with Gasteiger partial charge < -0.3 is 19.7 Å². The first-order valence-electron chi connectivity index (χ1n) is 8.06. The van der Waals surface area contributed by atoms with Gasteiger partial charge in [-0.2, -0.15) is 0 Å². The summed E-state index contributed by atoms with van der Waals surface area (Å²) in [7, 11) is 0. The lowest BCUT2D eigenvalue weighted by molar-refractivity contribution is 0.0500. The first-order chi connectivity index (χ1) is 10.9. The predicted octanol–water partition coefficient (Wildman–Crippen LogP) is 2.37. The fraction of sp³-hybridized carbons (Fsp3) is 0.688. The molecule has 0 bridgehead atoms. The molecule has 128 valence electrons. The highest BCUT2D eigenvalue weighted by atomic mass is 16.6. The normalized spacial score (nSPS) is 18.4. The Bertz CT molecular complexity index is 530. The van der Waals surface area contributed by atoms with Crippen LogP contribution >= 0.6 is 0 Å². The summed E-state index contributed by atoms with van der Waals surface area (Å²) in [4.78, 5) is 22.4. The minimum absolute atomic E-state index is 0.0455. The monoisotopic (exact) mass is 322 g/mol. The highest BCUT2D eigenvalue weighted by molar-refractivity contribution is 5.68. The summed E-state index contributed by atoms with van der Waals surface area (Å²) in [5.41, 5.74) is -0.489. The van der Waals surface area contributed by atoms with Gasteiger partial charge in [0.1, 0.15) is 17.7 Å². The molecule has 0 spiro atoms. The number of carbonyl (C=O) groups is 1. The van der Waals surface area contributed by atoms with E-state index in [1.54, 1.807) is 0 Å². The van der Waals surface area contributed by atoms with Gasteiger partial charge in [-0.05, 0) is 40.5 Å². The number of ether oxygens (including phenoxy) is 2. The average Bonchev–Trinajstić information content (AvgIpc) is 2.46. The summed E-state index contributed by atoms with van der Waals surface area (Å²) in [6.45, 7) is 9.65. The van der Waals surface area contributed by atoms with Gasteiger partial charge in [0.2, 0.25) is 5.88 Å². The molecule has 2 heterocycles. The van der Waals surface area contributed by atoms with E-state index in [2.05, 4.69) is 20.2 Å². The van der Waals surface area contributed by atoms with E-state index in [1.165, 1.54) is 6.33 Å². The maximum absolute atomic E-state index is 11.9. The number of aromatic nitrogens is 2. The maximum atomic E-state index is 11.9. The first kappa shape index (κ1) is 17.3. The third-order valence-electron chi connectivity index (χ3n) is 3.39. The Morgan fingerprint density at radius 2 is 2.22 bits per heavy atom. The molecule has 1 atom stereocenters. The number of anilines is 1. The molecule has 0 unspecified atom stereocenters. The van der Waals surface area contributed by atoms with Gasteiger partial charge in [-0.1, -0.05) is 0 Å². The molecular weight excluding hydrogens is 296 g/mol. The molecule has 1 amide bonds. The van der Waals surface area contributed by atoms with E-state index in [4.69, 9.17) is 9.47 Å². The van der Waals surface area contributed by atoms with E-state index in [0.29, 0.717) is 19.0 Å². The van der Waals surface area contributed by atoms with Crippen molar-refractivity contribution in [1.82, 2.24) is 15.3 Å². The third-order valence-corrected chi connectivity index (χ3v) is 3.39. The summed E-state index contributed by atoms with van der Waals surface area (Å²) in [5, 5.41) is 2.94. The van der Waals surface area contributed by atoms with Crippen molar-refractivity contribution in [3.63, 3.8) is 0 Å². The molecule has 0 aromatic carbocycles. The molecule has 1 aromatic heterocycles. The molecule has 0 aliphatic carbocycles. The van der Waals surface area contributed by atoms with Crippen LogP contribution in [-0.2, 0) is 4.74 Å². The quantitative estimate of drug-likeness (QED) is 0.917. The van der Waals surface area contributed by atoms with Crippen LogP contribution in [0, 0.1) is 0 Å². The number of rotatable bonds is 4. The van der Waals surface area contributed by atoms with Gasteiger partial charge >= 0.3 is 6.09 Å². The predicted molar refractivity (Wildman–Crippen MR) is 87.8 cm³/mol. The topological polar surface area (TPSA) is 76.6 Å². The summed E-state index contributed by atoms with van der Waals surface area (Å²) in [6, 6.07) is 1.88. The molecule has 1 aromatic rings. The second-order valence-electron chi connectivity index (χ2n) is 6.58. The molecule has 1 aliphatic rings. The SMILES string of the molecule is CCOc1cc(N2CCC[C@@H](NC(=O)OC(C)(C)C)C2)ncn1. The third kappa shape index (κ3) is 5.58. The minimum atomic E-state index is -0.489. The van der Waals surface area contributed by atoms with Crippen molar-refractivity contribution in [2.75, 3.05) is 24.6 Å². The number of hydrogen-bond donors (Lipinski definition) is 1. The van der Waals surface area contributed by atoms with E-state index in [-0.39, 0.29) is 12.1 Å². The van der Waals surface area contributed by atoms with E-state index in [1.807, 2.05) is 33.8 Å². The van der Waals surface area contributed by atoms with Gasteiger partial charge in [0.25, 0.3) is 0 Å². The summed E-state index contributed by atoms with van der Waals surface area (Å²) in [6.07, 6.45) is 3.04. The molecule has 0 saturated carbocycles. The number of hydrogen-bond acceptors (Lipinski definition) is 6. The lowest BCUT2D eigenvalue weighted by atomic mass is 10.1. The Balaban J connectivity index is 1.95. The van der Waals surface area contributed by atoms with Crippen molar-refractivity contribution in [3.8, 4) is 5.88 Å². The van der Waals surface area contributed by atoms with Crippen molar-refractivity contribution in [2.24, 2.45) is 0 Å². The molecular formula is C16H26N4O3. The molecule has 1 saturated heterocycles. The average molecular weight is 322 g/mol. The number of amides is 1. The zero-order valence-corrected chi connectivity index (χ0v) is 14.3. The summed E-state index contributed by atoms with van der Waals surface area (Å²) < 4.78 is 10.7. The minimum Gasteiger partial charge on any atom is -0.478 e. The van der Waals surface area contributed by atoms with Crippen molar-refractivity contribution >= 4 is 11.9 Å². The molecule has 1 fully saturated rings. The maximum Gasteiger partial charge on any atom is 0.407 e. The summed E-state index contributed by atoms with van der Waals surface area (Å²) >= 11 is 0.